The summed E-state index contributed by atoms with van der Waals surface area (Å²) in [5, 5.41) is 0. The number of hydrogen-bond donors (Lipinski definition) is 1. The molecule has 0 fully saturated rings. The zero-order chi connectivity index (χ0) is 20.9. The topological polar surface area (TPSA) is 110 Å². The van der Waals surface area contributed by atoms with Crippen molar-refractivity contribution in [1.82, 2.24) is 18.8 Å². The third kappa shape index (κ3) is 2.91. The molecule has 154 valence electrons. The van der Waals surface area contributed by atoms with Gasteiger partial charge in [0.2, 0.25) is 5.96 Å². The van der Waals surface area contributed by atoms with Gasteiger partial charge in [0.15, 0.2) is 5.82 Å². The van der Waals surface area contributed by atoms with Gasteiger partial charge in [0.05, 0.1) is 11.4 Å². The standard InChI is InChI=1S/C20H21N7O2S/c1-25-10-2-4-18(25)26-11-7-14-12-15(5-6-17(14)26)30(28,29)27-13-16(24-20(27)21)19-22-8-3-9-23-19/h2-6,8-10,12,16H,7,11,13H2,1H3,(H2,21,24). The second-order valence-corrected chi connectivity index (χ2v) is 9.18. The first-order chi connectivity index (χ1) is 14.4. The van der Waals surface area contributed by atoms with Crippen molar-refractivity contribution in [2.45, 2.75) is 17.4 Å². The lowest BCUT2D eigenvalue weighted by atomic mass is 10.2. The van der Waals surface area contributed by atoms with Crippen molar-refractivity contribution >= 4 is 27.5 Å². The van der Waals surface area contributed by atoms with Crippen molar-refractivity contribution in [2.24, 2.45) is 17.8 Å². The van der Waals surface area contributed by atoms with Crippen molar-refractivity contribution in [3.8, 4) is 0 Å². The molecule has 2 aliphatic heterocycles. The molecule has 1 unspecified atom stereocenters. The summed E-state index contributed by atoms with van der Waals surface area (Å²) in [6.07, 6.45) is 5.97. The fraction of sp³-hybridized carbons (Fsp3) is 0.250. The van der Waals surface area contributed by atoms with E-state index in [1.54, 1.807) is 30.6 Å². The fourth-order valence-corrected chi connectivity index (χ4v) is 5.41. The maximum atomic E-state index is 13.3. The van der Waals surface area contributed by atoms with Gasteiger partial charge in [0.1, 0.15) is 11.9 Å². The summed E-state index contributed by atoms with van der Waals surface area (Å²) in [7, 11) is -1.84. The number of nitrogens with two attached hydrogens (primary N) is 1. The molecule has 0 radical (unpaired) electrons. The van der Waals surface area contributed by atoms with E-state index in [2.05, 4.69) is 19.9 Å². The van der Waals surface area contributed by atoms with Gasteiger partial charge in [-0.2, -0.15) is 0 Å². The average molecular weight is 424 g/mol. The molecule has 5 rings (SSSR count). The van der Waals surface area contributed by atoms with Crippen LogP contribution >= 0.6 is 0 Å². The zero-order valence-electron chi connectivity index (χ0n) is 16.4. The Kier molecular flexibility index (Phi) is 4.24. The molecule has 0 aliphatic carbocycles. The highest BCUT2D eigenvalue weighted by atomic mass is 32.2. The first kappa shape index (κ1) is 18.6. The molecule has 3 aromatic rings. The first-order valence-electron chi connectivity index (χ1n) is 9.60. The van der Waals surface area contributed by atoms with Crippen molar-refractivity contribution in [2.75, 3.05) is 18.0 Å². The van der Waals surface area contributed by atoms with Crippen LogP contribution in [0.1, 0.15) is 17.4 Å². The van der Waals surface area contributed by atoms with E-state index < -0.39 is 16.1 Å². The summed E-state index contributed by atoms with van der Waals surface area (Å²) in [5.41, 5.74) is 7.99. The Bertz CT molecular complexity index is 1240. The van der Waals surface area contributed by atoms with Gasteiger partial charge in [0, 0.05) is 37.9 Å². The molecule has 0 saturated heterocycles. The molecule has 2 N–H and O–H groups in total. The van der Waals surface area contributed by atoms with Gasteiger partial charge in [-0.3, -0.25) is 0 Å². The molecule has 10 heteroatoms. The summed E-state index contributed by atoms with van der Waals surface area (Å²) < 4.78 is 29.8. The van der Waals surface area contributed by atoms with E-state index in [4.69, 9.17) is 5.73 Å². The van der Waals surface area contributed by atoms with Crippen LogP contribution in [0.4, 0.5) is 11.5 Å². The number of benzene rings is 1. The molecule has 0 spiro atoms. The monoisotopic (exact) mass is 423 g/mol. The normalized spacial score (nSPS) is 18.6. The highest BCUT2D eigenvalue weighted by Gasteiger charge is 2.36. The van der Waals surface area contributed by atoms with Crippen LogP contribution < -0.4 is 10.6 Å². The predicted molar refractivity (Wildman–Crippen MR) is 113 cm³/mol. The van der Waals surface area contributed by atoms with Crippen LogP contribution in [0.15, 0.2) is 64.9 Å². The minimum Gasteiger partial charge on any atom is -0.369 e. The van der Waals surface area contributed by atoms with Crippen LogP contribution in [-0.2, 0) is 23.5 Å². The third-order valence-corrected chi connectivity index (χ3v) is 7.26. The molecule has 2 aliphatic rings. The molecule has 9 nitrogen and oxygen atoms in total. The van der Waals surface area contributed by atoms with E-state index in [0.29, 0.717) is 5.82 Å². The van der Waals surface area contributed by atoms with Crippen LogP contribution in [0.5, 0.6) is 0 Å². The van der Waals surface area contributed by atoms with Crippen LogP contribution in [0.25, 0.3) is 0 Å². The fourth-order valence-electron chi connectivity index (χ4n) is 4.00. The molecule has 30 heavy (non-hydrogen) atoms. The summed E-state index contributed by atoms with van der Waals surface area (Å²) in [5.74, 6) is 1.48. The Labute approximate surface area is 174 Å². The van der Waals surface area contributed by atoms with E-state index in [0.717, 1.165) is 34.3 Å². The van der Waals surface area contributed by atoms with Gasteiger partial charge in [-0.15, -0.1) is 0 Å². The lowest BCUT2D eigenvalue weighted by Crippen LogP contribution is -2.39. The maximum Gasteiger partial charge on any atom is 0.266 e. The largest absolute Gasteiger partial charge is 0.369 e. The third-order valence-electron chi connectivity index (χ3n) is 5.49. The highest BCUT2D eigenvalue weighted by molar-refractivity contribution is 7.89. The van der Waals surface area contributed by atoms with Crippen LogP contribution in [0, 0.1) is 0 Å². The minimum atomic E-state index is -3.83. The number of aromatic nitrogens is 3. The number of nitrogens with zero attached hydrogens (tertiary/aromatic N) is 6. The molecule has 2 aromatic heterocycles. The number of guanidine groups is 1. The van der Waals surface area contributed by atoms with E-state index in [1.807, 2.05) is 36.0 Å². The predicted octanol–water partition coefficient (Wildman–Crippen LogP) is 1.57. The number of sulfonamides is 1. The van der Waals surface area contributed by atoms with Gasteiger partial charge in [0.25, 0.3) is 10.0 Å². The Morgan fingerprint density at radius 3 is 2.67 bits per heavy atom. The van der Waals surface area contributed by atoms with Crippen molar-refractivity contribution in [3.05, 3.63) is 66.4 Å². The number of aryl methyl sites for hydroxylation is 1. The van der Waals surface area contributed by atoms with Crippen LogP contribution in [0.3, 0.4) is 0 Å². The minimum absolute atomic E-state index is 0.0432. The Hall–Kier alpha value is -3.40. The van der Waals surface area contributed by atoms with E-state index in [-0.39, 0.29) is 17.4 Å². The first-order valence-corrected chi connectivity index (χ1v) is 11.0. The van der Waals surface area contributed by atoms with Gasteiger partial charge < -0.3 is 15.2 Å². The van der Waals surface area contributed by atoms with Gasteiger partial charge in [-0.1, -0.05) is 0 Å². The second-order valence-electron chi connectivity index (χ2n) is 7.32. The summed E-state index contributed by atoms with van der Waals surface area (Å²) >= 11 is 0. The van der Waals surface area contributed by atoms with Crippen molar-refractivity contribution in [1.29, 1.82) is 0 Å². The second kappa shape index (κ2) is 6.84. The molecule has 0 saturated carbocycles. The smallest absolute Gasteiger partial charge is 0.266 e. The molecule has 1 aromatic carbocycles. The van der Waals surface area contributed by atoms with Gasteiger partial charge in [-0.25, -0.2) is 27.7 Å². The molecule has 0 amide bonds. The van der Waals surface area contributed by atoms with Crippen LogP contribution in [-0.4, -0.2) is 46.3 Å². The summed E-state index contributed by atoms with van der Waals surface area (Å²) in [6.45, 7) is 0.891. The maximum absolute atomic E-state index is 13.3. The lowest BCUT2D eigenvalue weighted by Gasteiger charge is -2.21. The van der Waals surface area contributed by atoms with E-state index >= 15 is 0 Å². The highest BCUT2D eigenvalue weighted by Crippen LogP contribution is 2.36. The number of hydrogen-bond acceptors (Lipinski definition) is 7. The van der Waals surface area contributed by atoms with Gasteiger partial charge >= 0.3 is 0 Å². The number of rotatable bonds is 4. The van der Waals surface area contributed by atoms with Crippen molar-refractivity contribution in [3.63, 3.8) is 0 Å². The SMILES string of the molecule is Cn1cccc1N1CCc2cc(S(=O)(=O)N3CC(c4ncccn4)N=C3N)ccc21. The molecule has 0 bridgehead atoms. The Morgan fingerprint density at radius 2 is 1.93 bits per heavy atom. The zero-order valence-corrected chi connectivity index (χ0v) is 17.2. The molecular weight excluding hydrogens is 402 g/mol. The molecular formula is C20H21N7O2S. The van der Waals surface area contributed by atoms with Crippen LogP contribution in [0.2, 0.25) is 0 Å². The quantitative estimate of drug-likeness (QED) is 0.682. The number of anilines is 2. The van der Waals surface area contributed by atoms with Crippen molar-refractivity contribution < 1.29 is 8.42 Å². The van der Waals surface area contributed by atoms with E-state index in [1.165, 1.54) is 0 Å². The lowest BCUT2D eigenvalue weighted by molar-refractivity contribution is 0.513. The van der Waals surface area contributed by atoms with Gasteiger partial charge in [-0.05, 0) is 48.4 Å². The Balaban J connectivity index is 1.44. The summed E-state index contributed by atoms with van der Waals surface area (Å²) in [6, 6.07) is 10.5. The average Bonchev–Trinajstić information content (AvgIpc) is 3.46. The number of aliphatic imine (C=N–C) groups is 1. The number of fused-ring (bicyclic) bond motifs is 1. The molecule has 1 atom stereocenters. The Morgan fingerprint density at radius 1 is 1.13 bits per heavy atom. The summed E-state index contributed by atoms with van der Waals surface area (Å²) in [4.78, 5) is 15.0. The van der Waals surface area contributed by atoms with E-state index in [9.17, 15) is 8.42 Å². The molecule has 4 heterocycles.